The van der Waals surface area contributed by atoms with E-state index >= 15 is 0 Å². The molecular weight excluding hydrogens is 626 g/mol. The van der Waals surface area contributed by atoms with Gasteiger partial charge in [0.05, 0.1) is 30.4 Å². The van der Waals surface area contributed by atoms with Crippen molar-refractivity contribution in [1.29, 1.82) is 0 Å². The summed E-state index contributed by atoms with van der Waals surface area (Å²) in [6.45, 7) is 9.25. The Bertz CT molecular complexity index is 1610. The smallest absolute Gasteiger partial charge is 0.267 e. The predicted molar refractivity (Wildman–Crippen MR) is 175 cm³/mol. The first-order valence-corrected chi connectivity index (χ1v) is 17.3. The third-order valence-corrected chi connectivity index (χ3v) is 9.89. The van der Waals surface area contributed by atoms with Gasteiger partial charge in [-0.3, -0.25) is 19.3 Å². The zero-order valence-electron chi connectivity index (χ0n) is 27.8. The average Bonchev–Trinajstić information content (AvgIpc) is 3.40. The zero-order chi connectivity index (χ0) is 34.3. The standard InChI is InChI=1S/C33H45N5O8S/c1-21-18-38(22(2)20-39)33(41)28-17-27(36-47(42,43)31-24(4)35-46-25(31)5)10-11-29(28)45-23(3)9-7-8-16-44-30(21)19-37(6)32(40)26-12-14-34-15-13-26/h10-15,17,21-23,30,36,39H,7-9,16,18-20H2,1-6H3/t21-,22+,23+,30+/m1/s1. The van der Waals surface area contributed by atoms with Crippen LogP contribution in [0.1, 0.15) is 72.2 Å². The van der Waals surface area contributed by atoms with E-state index in [0.29, 0.717) is 24.3 Å². The van der Waals surface area contributed by atoms with Crippen molar-refractivity contribution in [3.63, 3.8) is 0 Å². The molecule has 47 heavy (non-hydrogen) atoms. The molecule has 14 heteroatoms. The summed E-state index contributed by atoms with van der Waals surface area (Å²) >= 11 is 0. The Kier molecular flexibility index (Phi) is 12.0. The second kappa shape index (κ2) is 15.7. The number of aliphatic hydroxyl groups excluding tert-OH is 1. The molecule has 0 bridgehead atoms. The van der Waals surface area contributed by atoms with Crippen molar-refractivity contribution in [2.45, 2.75) is 77.0 Å². The maximum atomic E-state index is 14.4. The summed E-state index contributed by atoms with van der Waals surface area (Å²) in [5.41, 5.74) is 1.01. The third kappa shape index (κ3) is 8.87. The Labute approximate surface area is 276 Å². The molecule has 3 heterocycles. The first kappa shape index (κ1) is 35.8. The van der Waals surface area contributed by atoms with Crippen LogP contribution in [0.25, 0.3) is 0 Å². The van der Waals surface area contributed by atoms with E-state index in [1.165, 1.54) is 24.8 Å². The van der Waals surface area contributed by atoms with Gasteiger partial charge in [0.1, 0.15) is 11.4 Å². The lowest BCUT2D eigenvalue weighted by atomic mass is 10.0. The Morgan fingerprint density at radius 1 is 1.17 bits per heavy atom. The number of hydrogen-bond acceptors (Lipinski definition) is 10. The molecule has 4 atom stereocenters. The fourth-order valence-corrected chi connectivity index (χ4v) is 6.96. The number of carbonyl (C=O) groups is 2. The summed E-state index contributed by atoms with van der Waals surface area (Å²) in [5, 5.41) is 14.0. The minimum atomic E-state index is -4.09. The van der Waals surface area contributed by atoms with Crippen LogP contribution in [0.4, 0.5) is 5.69 Å². The first-order chi connectivity index (χ1) is 22.3. The summed E-state index contributed by atoms with van der Waals surface area (Å²) < 4.78 is 46.8. The van der Waals surface area contributed by atoms with Crippen LogP contribution in [-0.4, -0.2) is 96.9 Å². The van der Waals surface area contributed by atoms with Crippen molar-refractivity contribution in [3.8, 4) is 5.75 Å². The maximum Gasteiger partial charge on any atom is 0.267 e. The van der Waals surface area contributed by atoms with Crippen molar-refractivity contribution in [2.24, 2.45) is 5.92 Å². The van der Waals surface area contributed by atoms with Crippen molar-refractivity contribution >= 4 is 27.5 Å². The normalized spacial score (nSPS) is 20.4. The van der Waals surface area contributed by atoms with Gasteiger partial charge in [-0.2, -0.15) is 0 Å². The van der Waals surface area contributed by atoms with E-state index in [1.54, 1.807) is 55.5 Å². The second-order valence-electron chi connectivity index (χ2n) is 12.2. The summed E-state index contributed by atoms with van der Waals surface area (Å²) in [5.74, 6) is -0.434. The number of carbonyl (C=O) groups excluding carboxylic acids is 2. The van der Waals surface area contributed by atoms with E-state index in [1.807, 2.05) is 13.8 Å². The fourth-order valence-electron chi connectivity index (χ4n) is 5.58. The number of benzene rings is 1. The number of rotatable bonds is 8. The molecule has 0 aliphatic carbocycles. The van der Waals surface area contributed by atoms with E-state index in [0.717, 1.165) is 12.8 Å². The summed E-state index contributed by atoms with van der Waals surface area (Å²) in [4.78, 5) is 34.6. The molecule has 13 nitrogen and oxygen atoms in total. The van der Waals surface area contributed by atoms with Crippen molar-refractivity contribution in [3.05, 3.63) is 65.3 Å². The van der Waals surface area contributed by atoms with Crippen LogP contribution < -0.4 is 9.46 Å². The van der Waals surface area contributed by atoms with Gasteiger partial charge in [-0.15, -0.1) is 0 Å². The number of amides is 2. The molecule has 4 rings (SSSR count). The molecule has 2 aromatic heterocycles. The molecule has 3 aromatic rings. The molecule has 2 amide bonds. The zero-order valence-corrected chi connectivity index (χ0v) is 28.6. The quantitative estimate of drug-likeness (QED) is 0.357. The van der Waals surface area contributed by atoms with E-state index < -0.39 is 28.1 Å². The van der Waals surface area contributed by atoms with Gasteiger partial charge >= 0.3 is 0 Å². The predicted octanol–water partition coefficient (Wildman–Crippen LogP) is 4.05. The number of hydrogen-bond donors (Lipinski definition) is 2. The van der Waals surface area contributed by atoms with E-state index in [-0.39, 0.29) is 65.2 Å². The van der Waals surface area contributed by atoms with E-state index in [4.69, 9.17) is 14.0 Å². The molecule has 1 aliphatic rings. The molecule has 1 aliphatic heterocycles. The minimum absolute atomic E-state index is 0.0726. The molecule has 0 saturated heterocycles. The largest absolute Gasteiger partial charge is 0.490 e. The monoisotopic (exact) mass is 671 g/mol. The van der Waals surface area contributed by atoms with Crippen molar-refractivity contribution in [2.75, 3.05) is 38.1 Å². The second-order valence-corrected chi connectivity index (χ2v) is 13.8. The molecule has 2 N–H and O–H groups in total. The van der Waals surface area contributed by atoms with Gasteiger partial charge in [0.25, 0.3) is 21.8 Å². The highest BCUT2D eigenvalue weighted by Crippen LogP contribution is 2.30. The summed E-state index contributed by atoms with van der Waals surface area (Å²) in [7, 11) is -2.38. The van der Waals surface area contributed by atoms with Crippen LogP contribution in [0, 0.1) is 19.8 Å². The number of sulfonamides is 1. The number of nitrogens with one attached hydrogen (secondary N) is 1. The lowest BCUT2D eigenvalue weighted by Gasteiger charge is -2.36. The SMILES string of the molecule is Cc1noc(C)c1S(=O)(=O)Nc1ccc2c(c1)C(=O)N([C@@H](C)CO)C[C@@H](C)[C@H](CN(C)C(=O)c1ccncc1)OCCCC[C@H](C)O2. The van der Waals surface area contributed by atoms with Gasteiger partial charge in [-0.05, 0) is 77.3 Å². The van der Waals surface area contributed by atoms with Crippen molar-refractivity contribution in [1.82, 2.24) is 19.9 Å². The topological polar surface area (TPSA) is 164 Å². The highest BCUT2D eigenvalue weighted by Gasteiger charge is 2.32. The molecule has 0 fully saturated rings. The average molecular weight is 672 g/mol. The lowest BCUT2D eigenvalue weighted by Crippen LogP contribution is -2.48. The molecule has 1 aromatic carbocycles. The van der Waals surface area contributed by atoms with Crippen LogP contribution in [0.3, 0.4) is 0 Å². The molecule has 256 valence electrons. The number of anilines is 1. The number of aromatic nitrogens is 2. The molecular formula is C33H45N5O8S. The summed E-state index contributed by atoms with van der Waals surface area (Å²) in [6.07, 6.45) is 4.72. The number of aliphatic hydroxyl groups is 1. The van der Waals surface area contributed by atoms with E-state index in [2.05, 4.69) is 14.9 Å². The third-order valence-electron chi connectivity index (χ3n) is 8.27. The Morgan fingerprint density at radius 2 is 1.89 bits per heavy atom. The number of ether oxygens (including phenoxy) is 2. The maximum absolute atomic E-state index is 14.4. The number of aryl methyl sites for hydroxylation is 2. The Morgan fingerprint density at radius 3 is 2.55 bits per heavy atom. The lowest BCUT2D eigenvalue weighted by molar-refractivity contribution is -0.0149. The van der Waals surface area contributed by atoms with Gasteiger partial charge in [0.15, 0.2) is 10.7 Å². The first-order valence-electron chi connectivity index (χ1n) is 15.8. The Hall–Kier alpha value is -4.01. The van der Waals surface area contributed by atoms with Crippen LogP contribution in [0.15, 0.2) is 52.1 Å². The van der Waals surface area contributed by atoms with Gasteiger partial charge in [0.2, 0.25) is 0 Å². The fraction of sp³-hybridized carbons (Fsp3) is 0.515. The van der Waals surface area contributed by atoms with Crippen molar-refractivity contribution < 1.29 is 37.1 Å². The van der Waals surface area contributed by atoms with Gasteiger partial charge < -0.3 is 28.9 Å². The molecule has 0 saturated carbocycles. The number of nitrogens with zero attached hydrogens (tertiary/aromatic N) is 4. The Balaban J connectivity index is 1.67. The molecule has 0 radical (unpaired) electrons. The molecule has 0 spiro atoms. The van der Waals surface area contributed by atoms with Crippen LogP contribution >= 0.6 is 0 Å². The highest BCUT2D eigenvalue weighted by molar-refractivity contribution is 7.92. The highest BCUT2D eigenvalue weighted by atomic mass is 32.2. The van der Waals surface area contributed by atoms with Crippen LogP contribution in [-0.2, 0) is 14.8 Å². The number of fused-ring (bicyclic) bond motifs is 1. The van der Waals surface area contributed by atoms with Gasteiger partial charge in [-0.1, -0.05) is 12.1 Å². The number of pyridine rings is 1. The van der Waals surface area contributed by atoms with Gasteiger partial charge in [-0.25, -0.2) is 8.42 Å². The summed E-state index contributed by atoms with van der Waals surface area (Å²) in [6, 6.07) is 7.29. The van der Waals surface area contributed by atoms with Crippen LogP contribution in [0.5, 0.6) is 5.75 Å². The minimum Gasteiger partial charge on any atom is -0.490 e. The molecule has 0 unspecified atom stereocenters. The number of likely N-dealkylation sites (N-methyl/N-ethyl adjacent to an activating group) is 1. The van der Waals surface area contributed by atoms with Crippen LogP contribution in [0.2, 0.25) is 0 Å². The van der Waals surface area contributed by atoms with Gasteiger partial charge in [0, 0.05) is 56.3 Å². The van der Waals surface area contributed by atoms with E-state index in [9.17, 15) is 23.1 Å².